The zero-order valence-corrected chi connectivity index (χ0v) is 17.8. The summed E-state index contributed by atoms with van der Waals surface area (Å²) in [4.78, 5) is 13.8. The molecule has 0 amide bonds. The fraction of sp³-hybridized carbons (Fsp3) is 0.292. The van der Waals surface area contributed by atoms with Gasteiger partial charge >= 0.3 is 0 Å². The van der Waals surface area contributed by atoms with Crippen LogP contribution in [0.1, 0.15) is 16.7 Å². The molecule has 0 aliphatic carbocycles. The number of fused-ring (bicyclic) bond motifs is 1. The van der Waals surface area contributed by atoms with E-state index in [1.165, 1.54) is 28.9 Å². The molecule has 1 saturated heterocycles. The summed E-state index contributed by atoms with van der Waals surface area (Å²) in [5.74, 6) is 0.689. The highest BCUT2D eigenvalue weighted by atomic mass is 19.1. The lowest BCUT2D eigenvalue weighted by Gasteiger charge is -2.37. The van der Waals surface area contributed by atoms with Gasteiger partial charge in [-0.25, -0.2) is 19.0 Å². The molecule has 0 atom stereocenters. The molecule has 5 rings (SSSR count). The van der Waals surface area contributed by atoms with Gasteiger partial charge < -0.3 is 9.80 Å². The minimum atomic E-state index is -0.237. The highest BCUT2D eigenvalue weighted by Crippen LogP contribution is 2.26. The number of rotatable bonds is 4. The van der Waals surface area contributed by atoms with Crippen molar-refractivity contribution >= 4 is 22.5 Å². The van der Waals surface area contributed by atoms with E-state index in [1.54, 1.807) is 18.5 Å². The second-order valence-electron chi connectivity index (χ2n) is 8.11. The molecule has 4 aromatic rings. The van der Waals surface area contributed by atoms with Gasteiger partial charge in [0, 0.05) is 31.9 Å². The summed E-state index contributed by atoms with van der Waals surface area (Å²) in [5.41, 5.74) is 5.71. The number of nitrogens with zero attached hydrogens (tertiary/aromatic N) is 6. The van der Waals surface area contributed by atoms with Crippen molar-refractivity contribution in [2.45, 2.75) is 20.4 Å². The molecule has 0 unspecified atom stereocenters. The maximum Gasteiger partial charge on any atom is 0.163 e. The van der Waals surface area contributed by atoms with Gasteiger partial charge in [0.15, 0.2) is 5.65 Å². The molecule has 3 heterocycles. The maximum atomic E-state index is 13.2. The minimum absolute atomic E-state index is 0.237. The normalized spacial score (nSPS) is 14.4. The molecule has 2 aromatic carbocycles. The monoisotopic (exact) mass is 416 g/mol. The van der Waals surface area contributed by atoms with Crippen molar-refractivity contribution in [1.82, 2.24) is 19.7 Å². The molecule has 2 aromatic heterocycles. The molecule has 1 aliphatic heterocycles. The average molecular weight is 417 g/mol. The first-order valence-corrected chi connectivity index (χ1v) is 10.6. The Labute approximate surface area is 181 Å². The van der Waals surface area contributed by atoms with Crippen molar-refractivity contribution in [1.29, 1.82) is 0 Å². The number of benzene rings is 2. The molecular weight excluding hydrogens is 391 g/mol. The third kappa shape index (κ3) is 3.83. The number of halogens is 1. The third-order valence-electron chi connectivity index (χ3n) is 6.09. The Morgan fingerprint density at radius 1 is 0.871 bits per heavy atom. The zero-order valence-electron chi connectivity index (χ0n) is 17.8. The average Bonchev–Trinajstić information content (AvgIpc) is 3.20. The Kier molecular flexibility index (Phi) is 5.02. The van der Waals surface area contributed by atoms with E-state index >= 15 is 0 Å². The van der Waals surface area contributed by atoms with Crippen LogP contribution in [0.25, 0.3) is 11.0 Å². The van der Waals surface area contributed by atoms with Crippen LogP contribution < -0.4 is 9.80 Å². The second-order valence-corrected chi connectivity index (χ2v) is 8.11. The number of hydrogen-bond acceptors (Lipinski definition) is 5. The number of piperazine rings is 1. The highest BCUT2D eigenvalue weighted by molar-refractivity contribution is 5.86. The summed E-state index contributed by atoms with van der Waals surface area (Å²) in [7, 11) is 0. The molecule has 7 heteroatoms. The molecular formula is C24H25FN6. The first kappa shape index (κ1) is 19.5. The van der Waals surface area contributed by atoms with Gasteiger partial charge in [-0.05, 0) is 54.8 Å². The van der Waals surface area contributed by atoms with Crippen LogP contribution in [0.4, 0.5) is 15.9 Å². The van der Waals surface area contributed by atoms with E-state index in [4.69, 9.17) is 0 Å². The number of anilines is 2. The van der Waals surface area contributed by atoms with E-state index in [0.29, 0.717) is 6.54 Å². The SMILES string of the molecule is Cc1ccc(N2CCN(c3ncnc4c3cnn4Cc3ccc(F)cc3)CC2)cc1C. The molecule has 1 aliphatic rings. The van der Waals surface area contributed by atoms with E-state index in [9.17, 15) is 4.39 Å². The topological polar surface area (TPSA) is 50.1 Å². The first-order valence-electron chi connectivity index (χ1n) is 10.6. The van der Waals surface area contributed by atoms with Crippen molar-refractivity contribution in [2.75, 3.05) is 36.0 Å². The van der Waals surface area contributed by atoms with E-state index in [-0.39, 0.29) is 5.82 Å². The van der Waals surface area contributed by atoms with Gasteiger partial charge in [0.2, 0.25) is 0 Å². The second kappa shape index (κ2) is 7.98. The van der Waals surface area contributed by atoms with Gasteiger partial charge in [-0.2, -0.15) is 5.10 Å². The van der Waals surface area contributed by atoms with Crippen LogP contribution in [-0.2, 0) is 6.54 Å². The molecule has 0 radical (unpaired) electrons. The fourth-order valence-electron chi connectivity index (χ4n) is 4.11. The van der Waals surface area contributed by atoms with Gasteiger partial charge in [0.25, 0.3) is 0 Å². The lowest BCUT2D eigenvalue weighted by atomic mass is 10.1. The quantitative estimate of drug-likeness (QED) is 0.504. The molecule has 0 N–H and O–H groups in total. The predicted octanol–water partition coefficient (Wildman–Crippen LogP) is 3.96. The molecule has 1 fully saturated rings. The van der Waals surface area contributed by atoms with Crippen molar-refractivity contribution < 1.29 is 4.39 Å². The Balaban J connectivity index is 1.34. The van der Waals surface area contributed by atoms with Crippen LogP contribution in [0.3, 0.4) is 0 Å². The summed E-state index contributed by atoms with van der Waals surface area (Å²) in [6.07, 6.45) is 3.44. The number of hydrogen-bond donors (Lipinski definition) is 0. The van der Waals surface area contributed by atoms with Gasteiger partial charge in [0.05, 0.1) is 18.1 Å². The fourth-order valence-corrected chi connectivity index (χ4v) is 4.11. The smallest absolute Gasteiger partial charge is 0.163 e. The Morgan fingerprint density at radius 2 is 1.61 bits per heavy atom. The maximum absolute atomic E-state index is 13.2. The van der Waals surface area contributed by atoms with Gasteiger partial charge in [0.1, 0.15) is 18.0 Å². The molecule has 0 saturated carbocycles. The van der Waals surface area contributed by atoms with Crippen molar-refractivity contribution in [2.24, 2.45) is 0 Å². The van der Waals surface area contributed by atoms with Gasteiger partial charge in [-0.15, -0.1) is 0 Å². The molecule has 158 valence electrons. The van der Waals surface area contributed by atoms with Crippen LogP contribution >= 0.6 is 0 Å². The summed E-state index contributed by atoms with van der Waals surface area (Å²) >= 11 is 0. The highest BCUT2D eigenvalue weighted by Gasteiger charge is 2.21. The number of aryl methyl sites for hydroxylation is 2. The van der Waals surface area contributed by atoms with Crippen molar-refractivity contribution in [3.63, 3.8) is 0 Å². The summed E-state index contributed by atoms with van der Waals surface area (Å²) in [5, 5.41) is 5.48. The van der Waals surface area contributed by atoms with Crippen LogP contribution in [0.2, 0.25) is 0 Å². The zero-order chi connectivity index (χ0) is 21.4. The van der Waals surface area contributed by atoms with E-state index < -0.39 is 0 Å². The van der Waals surface area contributed by atoms with Crippen molar-refractivity contribution in [3.05, 3.63) is 77.5 Å². The number of aromatic nitrogens is 4. The summed E-state index contributed by atoms with van der Waals surface area (Å²) in [6.45, 7) is 8.52. The third-order valence-corrected chi connectivity index (χ3v) is 6.09. The molecule has 31 heavy (non-hydrogen) atoms. The van der Waals surface area contributed by atoms with Gasteiger partial charge in [-0.3, -0.25) is 0 Å². The Bertz CT molecular complexity index is 1210. The predicted molar refractivity (Wildman–Crippen MR) is 121 cm³/mol. The van der Waals surface area contributed by atoms with E-state index in [0.717, 1.165) is 48.6 Å². The first-order chi connectivity index (χ1) is 15.1. The summed E-state index contributed by atoms with van der Waals surface area (Å²) in [6, 6.07) is 13.2. The Morgan fingerprint density at radius 3 is 2.35 bits per heavy atom. The molecule has 6 nitrogen and oxygen atoms in total. The van der Waals surface area contributed by atoms with Crippen LogP contribution in [-0.4, -0.2) is 45.9 Å². The molecule has 0 bridgehead atoms. The summed E-state index contributed by atoms with van der Waals surface area (Å²) < 4.78 is 15.0. The standard InChI is InChI=1S/C24H25FN6/c1-17-3-8-21(13-18(17)2)29-9-11-30(12-10-29)23-22-14-28-31(24(22)27-16-26-23)15-19-4-6-20(25)7-5-19/h3-8,13-14,16H,9-12,15H2,1-2H3. The van der Waals surface area contributed by atoms with Crippen molar-refractivity contribution in [3.8, 4) is 0 Å². The van der Waals surface area contributed by atoms with E-state index in [1.807, 2.05) is 10.9 Å². The van der Waals surface area contributed by atoms with E-state index in [2.05, 4.69) is 56.9 Å². The van der Waals surface area contributed by atoms with Crippen LogP contribution in [0.15, 0.2) is 55.0 Å². The molecule has 0 spiro atoms. The lowest BCUT2D eigenvalue weighted by molar-refractivity contribution is 0.625. The Hall–Kier alpha value is -3.48. The minimum Gasteiger partial charge on any atom is -0.368 e. The largest absolute Gasteiger partial charge is 0.368 e. The van der Waals surface area contributed by atoms with Crippen LogP contribution in [0.5, 0.6) is 0 Å². The lowest BCUT2D eigenvalue weighted by Crippen LogP contribution is -2.47. The van der Waals surface area contributed by atoms with Crippen LogP contribution in [0, 0.1) is 19.7 Å². The van der Waals surface area contributed by atoms with Gasteiger partial charge in [-0.1, -0.05) is 18.2 Å².